The van der Waals surface area contributed by atoms with Crippen LogP contribution >= 0.6 is 23.7 Å². The monoisotopic (exact) mass is 493 g/mol. The molecule has 0 fully saturated rings. The minimum Gasteiger partial charge on any atom is -0.309 e. The Labute approximate surface area is 200 Å². The molecule has 0 N–H and O–H groups in total. The second-order valence-corrected chi connectivity index (χ2v) is 8.73. The van der Waals surface area contributed by atoms with Crippen molar-refractivity contribution in [2.24, 2.45) is 0 Å². The fraction of sp³-hybridized carbons (Fsp3) is 0.333. The molecule has 1 heterocycles. The third-order valence-electron chi connectivity index (χ3n) is 5.11. The van der Waals surface area contributed by atoms with Crippen LogP contribution in [0.3, 0.4) is 0 Å². The first-order chi connectivity index (χ1) is 15.1. The van der Waals surface area contributed by atoms with Gasteiger partial charge in [-0.1, -0.05) is 17.4 Å². The van der Waals surface area contributed by atoms with Gasteiger partial charge in [-0.3, -0.25) is 29.9 Å². The van der Waals surface area contributed by atoms with Gasteiger partial charge >= 0.3 is 0 Å². The van der Waals surface area contributed by atoms with Gasteiger partial charge in [0.1, 0.15) is 0 Å². The summed E-state index contributed by atoms with van der Waals surface area (Å²) in [6, 6.07) is 6.91. The third kappa shape index (κ3) is 5.81. The van der Waals surface area contributed by atoms with Crippen molar-refractivity contribution in [1.82, 2.24) is 9.88 Å². The van der Waals surface area contributed by atoms with Crippen LogP contribution in [0.5, 0.6) is 0 Å². The van der Waals surface area contributed by atoms with Crippen molar-refractivity contribution in [2.75, 3.05) is 32.1 Å². The first-order valence-electron chi connectivity index (χ1n) is 9.85. The number of nitro benzene ring substituents is 2. The highest BCUT2D eigenvalue weighted by molar-refractivity contribution is 7.22. The van der Waals surface area contributed by atoms with Crippen LogP contribution in [0.1, 0.15) is 27.9 Å². The predicted octanol–water partition coefficient (Wildman–Crippen LogP) is 4.75. The van der Waals surface area contributed by atoms with Crippen molar-refractivity contribution in [1.29, 1.82) is 0 Å². The average molecular weight is 494 g/mol. The molecule has 0 bridgehead atoms. The number of benzene rings is 2. The van der Waals surface area contributed by atoms with E-state index in [1.165, 1.54) is 16.2 Å². The molecule has 0 aliphatic heterocycles. The van der Waals surface area contributed by atoms with Gasteiger partial charge in [0.15, 0.2) is 5.13 Å². The number of rotatable bonds is 8. The van der Waals surface area contributed by atoms with E-state index < -0.39 is 27.1 Å². The number of halogens is 1. The van der Waals surface area contributed by atoms with E-state index in [4.69, 9.17) is 0 Å². The zero-order valence-electron chi connectivity index (χ0n) is 18.6. The standard InChI is InChI=1S/C21H23N5O5S.ClH/c1-13-6-7-18-19(14(13)2)22-21(32-18)24(9-5-8-23(3)4)20(27)15-10-16(25(28)29)12-17(11-15)26(30)31;/h6-7,10-12H,5,8-9H2,1-4H3;1H. The molecule has 12 heteroatoms. The molecule has 33 heavy (non-hydrogen) atoms. The van der Waals surface area contributed by atoms with Crippen LogP contribution < -0.4 is 4.90 Å². The van der Waals surface area contributed by atoms with Crippen LogP contribution in [0.25, 0.3) is 10.2 Å². The number of thiazole rings is 1. The summed E-state index contributed by atoms with van der Waals surface area (Å²) in [6.07, 6.45) is 0.629. The fourth-order valence-corrected chi connectivity index (χ4v) is 4.29. The van der Waals surface area contributed by atoms with Crippen LogP contribution in [-0.2, 0) is 0 Å². The van der Waals surface area contributed by atoms with Crippen molar-refractivity contribution in [2.45, 2.75) is 20.3 Å². The summed E-state index contributed by atoms with van der Waals surface area (Å²) in [6.45, 7) is 4.96. The van der Waals surface area contributed by atoms with Crippen LogP contribution in [0.2, 0.25) is 0 Å². The minimum atomic E-state index is -0.746. The van der Waals surface area contributed by atoms with Crippen molar-refractivity contribution in [3.8, 4) is 0 Å². The molecule has 3 aromatic rings. The van der Waals surface area contributed by atoms with E-state index in [1.54, 1.807) is 0 Å². The minimum absolute atomic E-state index is 0. The SMILES string of the molecule is Cc1ccc2sc(N(CCCN(C)C)C(=O)c3cc([N+](=O)[O-])cc([N+](=O)[O-])c3)nc2c1C.Cl. The maximum Gasteiger partial charge on any atom is 0.277 e. The zero-order chi connectivity index (χ0) is 23.6. The molecule has 2 aromatic carbocycles. The van der Waals surface area contributed by atoms with E-state index in [9.17, 15) is 25.0 Å². The molecule has 3 rings (SSSR count). The summed E-state index contributed by atoms with van der Waals surface area (Å²) in [5, 5.41) is 23.0. The van der Waals surface area contributed by atoms with Gasteiger partial charge in [-0.25, -0.2) is 4.98 Å². The molecule has 0 atom stereocenters. The molecule has 10 nitrogen and oxygen atoms in total. The lowest BCUT2D eigenvalue weighted by molar-refractivity contribution is -0.394. The summed E-state index contributed by atoms with van der Waals surface area (Å²) in [4.78, 5) is 42.6. The normalized spacial score (nSPS) is 10.8. The lowest BCUT2D eigenvalue weighted by Gasteiger charge is -2.21. The van der Waals surface area contributed by atoms with Crippen LogP contribution in [0.4, 0.5) is 16.5 Å². The quantitative estimate of drug-likeness (QED) is 0.327. The number of carbonyl (C=O) groups is 1. The second kappa shape index (κ2) is 10.6. The Balaban J connectivity index is 0.00000385. The van der Waals surface area contributed by atoms with Gasteiger partial charge in [-0.15, -0.1) is 12.4 Å². The number of hydrogen-bond acceptors (Lipinski definition) is 8. The van der Waals surface area contributed by atoms with Crippen molar-refractivity contribution < 1.29 is 14.6 Å². The lowest BCUT2D eigenvalue weighted by atomic mass is 10.1. The van der Waals surface area contributed by atoms with E-state index in [2.05, 4.69) is 4.98 Å². The molecule has 1 aromatic heterocycles. The number of aryl methyl sites for hydroxylation is 2. The Morgan fingerprint density at radius 3 is 2.18 bits per heavy atom. The van der Waals surface area contributed by atoms with Gasteiger partial charge in [-0.2, -0.15) is 0 Å². The molecule has 0 saturated carbocycles. The first kappa shape index (κ1) is 26.1. The zero-order valence-corrected chi connectivity index (χ0v) is 20.2. The van der Waals surface area contributed by atoms with Gasteiger partial charge in [0.05, 0.1) is 31.7 Å². The molecular weight excluding hydrogens is 470 g/mol. The highest BCUT2D eigenvalue weighted by atomic mass is 35.5. The van der Waals surface area contributed by atoms with Crippen molar-refractivity contribution >= 4 is 56.4 Å². The molecule has 0 radical (unpaired) electrons. The number of hydrogen-bond donors (Lipinski definition) is 0. The number of anilines is 1. The summed E-state index contributed by atoms with van der Waals surface area (Å²) in [5.74, 6) is -0.566. The van der Waals surface area contributed by atoms with Crippen LogP contribution in [0.15, 0.2) is 30.3 Å². The highest BCUT2D eigenvalue weighted by Crippen LogP contribution is 2.33. The Bertz CT molecular complexity index is 1180. The smallest absolute Gasteiger partial charge is 0.277 e. The number of fused-ring (bicyclic) bond motifs is 1. The lowest BCUT2D eigenvalue weighted by Crippen LogP contribution is -2.33. The number of nitro groups is 2. The average Bonchev–Trinajstić information content (AvgIpc) is 3.17. The summed E-state index contributed by atoms with van der Waals surface area (Å²) >= 11 is 1.34. The fourth-order valence-electron chi connectivity index (χ4n) is 3.24. The molecule has 0 saturated heterocycles. The number of aromatic nitrogens is 1. The molecule has 0 unspecified atom stereocenters. The Morgan fingerprint density at radius 2 is 1.64 bits per heavy atom. The maximum absolute atomic E-state index is 13.4. The number of non-ortho nitro benzene ring substituents is 2. The molecular formula is C21H24ClN5O5S. The van der Waals surface area contributed by atoms with E-state index in [1.807, 2.05) is 45.0 Å². The van der Waals surface area contributed by atoms with Gasteiger partial charge in [0.25, 0.3) is 17.3 Å². The maximum atomic E-state index is 13.4. The van der Waals surface area contributed by atoms with Crippen LogP contribution in [-0.4, -0.2) is 52.8 Å². The summed E-state index contributed by atoms with van der Waals surface area (Å²) in [5.41, 5.74) is 1.74. The molecule has 1 amide bonds. The molecule has 0 aliphatic rings. The molecule has 0 aliphatic carbocycles. The van der Waals surface area contributed by atoms with Gasteiger partial charge in [-0.05, 0) is 58.1 Å². The largest absolute Gasteiger partial charge is 0.309 e. The topological polar surface area (TPSA) is 123 Å². The first-order valence-corrected chi connectivity index (χ1v) is 10.7. The number of nitrogens with zero attached hydrogens (tertiary/aromatic N) is 5. The second-order valence-electron chi connectivity index (χ2n) is 7.72. The van der Waals surface area contributed by atoms with E-state index in [-0.39, 0.29) is 18.0 Å². The van der Waals surface area contributed by atoms with Crippen molar-refractivity contribution in [3.63, 3.8) is 0 Å². The highest BCUT2D eigenvalue weighted by Gasteiger charge is 2.26. The van der Waals surface area contributed by atoms with Gasteiger partial charge < -0.3 is 4.90 Å². The van der Waals surface area contributed by atoms with E-state index in [0.29, 0.717) is 24.6 Å². The molecule has 176 valence electrons. The Hall–Kier alpha value is -3.15. The number of amides is 1. The van der Waals surface area contributed by atoms with Gasteiger partial charge in [0, 0.05) is 18.7 Å². The Morgan fingerprint density at radius 1 is 1.03 bits per heavy atom. The van der Waals surface area contributed by atoms with E-state index in [0.717, 1.165) is 39.5 Å². The number of carbonyl (C=O) groups excluding carboxylic acids is 1. The predicted molar refractivity (Wildman–Crippen MR) is 131 cm³/mol. The van der Waals surface area contributed by atoms with Crippen LogP contribution in [0, 0.1) is 34.1 Å². The van der Waals surface area contributed by atoms with Crippen molar-refractivity contribution in [3.05, 3.63) is 67.3 Å². The Kier molecular flexibility index (Phi) is 8.42. The summed E-state index contributed by atoms with van der Waals surface area (Å²) < 4.78 is 0.915. The molecule has 0 spiro atoms. The van der Waals surface area contributed by atoms with E-state index >= 15 is 0 Å². The van der Waals surface area contributed by atoms with Gasteiger partial charge in [0.2, 0.25) is 0 Å². The summed E-state index contributed by atoms with van der Waals surface area (Å²) in [7, 11) is 3.83. The third-order valence-corrected chi connectivity index (χ3v) is 6.15.